The average molecular weight is 267 g/mol. The minimum absolute atomic E-state index is 0.0536. The molecular weight excluding hydrogens is 256 g/mol. The summed E-state index contributed by atoms with van der Waals surface area (Å²) < 4.78 is 4.51. The highest BCUT2D eigenvalue weighted by atomic mass is 35.5. The zero-order valence-corrected chi connectivity index (χ0v) is 10.0. The van der Waals surface area contributed by atoms with Crippen molar-refractivity contribution in [2.75, 3.05) is 25.6 Å². The van der Waals surface area contributed by atoms with E-state index in [0.717, 1.165) is 11.3 Å². The summed E-state index contributed by atoms with van der Waals surface area (Å²) in [6.07, 6.45) is -0.885. The summed E-state index contributed by atoms with van der Waals surface area (Å²) in [5, 5.41) is 20.9. The molecule has 1 aromatic heterocycles. The Balaban J connectivity index is 2.66. The third kappa shape index (κ3) is 3.31. The number of halogens is 1. The minimum Gasteiger partial charge on any atom is -0.465 e. The fraction of sp³-hybridized carbons (Fsp3) is 0.500. The maximum absolute atomic E-state index is 11.2. The van der Waals surface area contributed by atoms with Crippen molar-refractivity contribution in [3.8, 4) is 0 Å². The first-order valence-electron chi connectivity index (χ1n) is 4.36. The van der Waals surface area contributed by atoms with Crippen LogP contribution in [0.3, 0.4) is 0 Å². The number of anilines is 1. The van der Waals surface area contributed by atoms with Crippen molar-refractivity contribution in [3.63, 3.8) is 0 Å². The van der Waals surface area contributed by atoms with Gasteiger partial charge in [-0.3, -0.25) is 0 Å². The van der Waals surface area contributed by atoms with Gasteiger partial charge in [0.05, 0.1) is 19.8 Å². The van der Waals surface area contributed by atoms with Crippen molar-refractivity contribution in [1.29, 1.82) is 0 Å². The van der Waals surface area contributed by atoms with Crippen LogP contribution < -0.4 is 5.32 Å². The number of hydrogen-bond acceptors (Lipinski definition) is 7. The number of rotatable bonds is 5. The third-order valence-electron chi connectivity index (χ3n) is 1.66. The van der Waals surface area contributed by atoms with Crippen molar-refractivity contribution in [1.82, 2.24) is 4.98 Å². The predicted octanol–water partition coefficient (Wildman–Crippen LogP) is 0.348. The summed E-state index contributed by atoms with van der Waals surface area (Å²) >= 11 is 6.74. The number of carbonyl (C=O) groups excluding carboxylic acids is 1. The smallest absolute Gasteiger partial charge is 0.351 e. The Kier molecular flexibility index (Phi) is 4.94. The van der Waals surface area contributed by atoms with Crippen LogP contribution in [-0.2, 0) is 4.74 Å². The van der Waals surface area contributed by atoms with Gasteiger partial charge < -0.3 is 20.3 Å². The lowest BCUT2D eigenvalue weighted by Crippen LogP contribution is -2.22. The second-order valence-corrected chi connectivity index (χ2v) is 4.20. The maximum atomic E-state index is 11.2. The van der Waals surface area contributed by atoms with Crippen LogP contribution in [0.2, 0.25) is 5.15 Å². The number of ether oxygens (including phenoxy) is 1. The van der Waals surface area contributed by atoms with Crippen LogP contribution >= 0.6 is 22.9 Å². The lowest BCUT2D eigenvalue weighted by atomic mass is 10.4. The maximum Gasteiger partial charge on any atom is 0.351 e. The summed E-state index contributed by atoms with van der Waals surface area (Å²) in [5.74, 6) is -0.557. The highest BCUT2D eigenvalue weighted by Gasteiger charge is 2.17. The summed E-state index contributed by atoms with van der Waals surface area (Å²) in [7, 11) is 1.25. The largest absolute Gasteiger partial charge is 0.465 e. The van der Waals surface area contributed by atoms with Crippen molar-refractivity contribution in [2.24, 2.45) is 0 Å². The Labute approximate surface area is 101 Å². The molecule has 0 aromatic carbocycles. The number of methoxy groups -OCH3 is 1. The Morgan fingerprint density at radius 2 is 2.44 bits per heavy atom. The molecule has 0 amide bonds. The second-order valence-electron chi connectivity index (χ2n) is 2.85. The molecule has 6 nitrogen and oxygen atoms in total. The monoisotopic (exact) mass is 266 g/mol. The van der Waals surface area contributed by atoms with Crippen LogP contribution in [0, 0.1) is 0 Å². The topological polar surface area (TPSA) is 91.7 Å². The van der Waals surface area contributed by atoms with Crippen molar-refractivity contribution >= 4 is 34.0 Å². The van der Waals surface area contributed by atoms with E-state index >= 15 is 0 Å². The second kappa shape index (κ2) is 6.00. The van der Waals surface area contributed by atoms with Gasteiger partial charge in [-0.1, -0.05) is 22.9 Å². The number of nitrogens with zero attached hydrogens (tertiary/aromatic N) is 1. The molecule has 1 heterocycles. The molecule has 0 aliphatic carbocycles. The Morgan fingerprint density at radius 1 is 1.75 bits per heavy atom. The Hall–Kier alpha value is -0.890. The molecule has 8 heteroatoms. The molecule has 0 bridgehead atoms. The molecule has 3 N–H and O–H groups in total. The van der Waals surface area contributed by atoms with Crippen molar-refractivity contribution in [2.45, 2.75) is 6.10 Å². The normalized spacial score (nSPS) is 12.2. The van der Waals surface area contributed by atoms with Gasteiger partial charge in [-0.15, -0.1) is 0 Å². The van der Waals surface area contributed by atoms with E-state index in [0.29, 0.717) is 5.13 Å². The van der Waals surface area contributed by atoms with Gasteiger partial charge >= 0.3 is 5.97 Å². The van der Waals surface area contributed by atoms with Gasteiger partial charge in [0, 0.05) is 6.54 Å². The minimum atomic E-state index is -0.885. The van der Waals surface area contributed by atoms with E-state index in [4.69, 9.17) is 21.8 Å². The molecule has 0 aliphatic rings. The summed E-state index contributed by atoms with van der Waals surface area (Å²) in [4.78, 5) is 15.3. The van der Waals surface area contributed by atoms with Crippen molar-refractivity contribution < 1.29 is 19.7 Å². The molecule has 0 saturated heterocycles. The van der Waals surface area contributed by atoms with Gasteiger partial charge in [0.1, 0.15) is 0 Å². The molecule has 0 aliphatic heterocycles. The van der Waals surface area contributed by atoms with Crippen LogP contribution in [-0.4, -0.2) is 47.5 Å². The molecular formula is C8H11ClN2O4S. The first kappa shape index (κ1) is 13.2. The fourth-order valence-corrected chi connectivity index (χ4v) is 1.98. The SMILES string of the molecule is COC(=O)c1sc(NCC(O)CO)nc1Cl. The zero-order chi connectivity index (χ0) is 12.1. The summed E-state index contributed by atoms with van der Waals surface area (Å²) in [6.45, 7) is -0.225. The number of aliphatic hydroxyl groups is 2. The molecule has 1 unspecified atom stereocenters. The quantitative estimate of drug-likeness (QED) is 0.666. The molecule has 0 saturated carbocycles. The molecule has 1 rings (SSSR count). The Morgan fingerprint density at radius 3 is 3.00 bits per heavy atom. The average Bonchev–Trinajstić information content (AvgIpc) is 2.66. The van der Waals surface area contributed by atoms with Crippen LogP contribution in [0.25, 0.3) is 0 Å². The first-order valence-corrected chi connectivity index (χ1v) is 5.55. The molecule has 1 aromatic rings. The number of aliphatic hydroxyl groups excluding tert-OH is 2. The van der Waals surface area contributed by atoms with E-state index in [2.05, 4.69) is 15.0 Å². The zero-order valence-electron chi connectivity index (χ0n) is 8.44. The van der Waals surface area contributed by atoms with E-state index in [-0.39, 0.29) is 23.2 Å². The fourth-order valence-electron chi connectivity index (χ4n) is 0.865. The van der Waals surface area contributed by atoms with Gasteiger partial charge in [0.25, 0.3) is 0 Å². The van der Waals surface area contributed by atoms with E-state index in [1.165, 1.54) is 7.11 Å². The number of thiazole rings is 1. The highest BCUT2D eigenvalue weighted by Crippen LogP contribution is 2.27. The Bertz CT molecular complexity index is 371. The van der Waals surface area contributed by atoms with Crippen LogP contribution in [0.15, 0.2) is 0 Å². The highest BCUT2D eigenvalue weighted by molar-refractivity contribution is 7.18. The van der Waals surface area contributed by atoms with E-state index in [1.54, 1.807) is 0 Å². The summed E-state index contributed by atoms with van der Waals surface area (Å²) in [5.41, 5.74) is 0. The molecule has 90 valence electrons. The van der Waals surface area contributed by atoms with Gasteiger partial charge in [0.15, 0.2) is 15.2 Å². The van der Waals surface area contributed by atoms with Gasteiger partial charge in [-0.05, 0) is 0 Å². The standard InChI is InChI=1S/C8H11ClN2O4S/c1-15-7(14)5-6(9)11-8(16-5)10-2-4(13)3-12/h4,12-13H,2-3H2,1H3,(H,10,11). The van der Waals surface area contributed by atoms with Crippen LogP contribution in [0.4, 0.5) is 5.13 Å². The lowest BCUT2D eigenvalue weighted by molar-refractivity contribution is 0.0606. The van der Waals surface area contributed by atoms with Gasteiger partial charge in [-0.25, -0.2) is 9.78 Å². The van der Waals surface area contributed by atoms with Gasteiger partial charge in [-0.2, -0.15) is 0 Å². The summed E-state index contributed by atoms with van der Waals surface area (Å²) in [6, 6.07) is 0. The number of hydrogen-bond donors (Lipinski definition) is 3. The van der Waals surface area contributed by atoms with E-state index in [1.807, 2.05) is 0 Å². The predicted molar refractivity (Wildman–Crippen MR) is 60.0 cm³/mol. The molecule has 0 spiro atoms. The molecule has 0 fully saturated rings. The number of esters is 1. The van der Waals surface area contributed by atoms with E-state index in [9.17, 15) is 4.79 Å². The lowest BCUT2D eigenvalue weighted by Gasteiger charge is -2.06. The van der Waals surface area contributed by atoms with E-state index < -0.39 is 12.1 Å². The number of aromatic nitrogens is 1. The number of carbonyl (C=O) groups is 1. The van der Waals surface area contributed by atoms with Gasteiger partial charge in [0.2, 0.25) is 0 Å². The number of nitrogens with one attached hydrogen (secondary N) is 1. The van der Waals surface area contributed by atoms with Crippen LogP contribution in [0.1, 0.15) is 9.67 Å². The molecule has 16 heavy (non-hydrogen) atoms. The third-order valence-corrected chi connectivity index (χ3v) is 3.03. The van der Waals surface area contributed by atoms with Crippen molar-refractivity contribution in [3.05, 3.63) is 10.0 Å². The molecule has 0 radical (unpaired) electrons. The van der Waals surface area contributed by atoms with Crippen LogP contribution in [0.5, 0.6) is 0 Å². The first-order chi connectivity index (χ1) is 7.58. The molecule has 1 atom stereocenters.